The molecule has 1 heterocycles. The number of aromatic nitrogens is 1. The van der Waals surface area contributed by atoms with Crippen LogP contribution in [0.15, 0.2) is 17.0 Å². The fraction of sp³-hybridized carbons (Fsp3) is 0.615. The third kappa shape index (κ3) is 4.44. The van der Waals surface area contributed by atoms with Gasteiger partial charge < -0.3 is 5.32 Å². The third-order valence-corrected chi connectivity index (χ3v) is 3.27. The van der Waals surface area contributed by atoms with Gasteiger partial charge in [-0.05, 0) is 25.5 Å². The average molecular weight is 238 g/mol. The minimum Gasteiger partial charge on any atom is -0.370 e. The molecule has 0 radical (unpaired) electrons. The molecule has 0 fully saturated rings. The standard InChI is InChI=1S/C13H22N2S/c1-6-9-14-12-8-7-11(10(2)15-12)16-13(3,4)5/h7-8H,6,9H2,1-5H3,(H,14,15). The first-order valence-electron chi connectivity index (χ1n) is 5.83. The lowest BCUT2D eigenvalue weighted by Crippen LogP contribution is -2.08. The van der Waals surface area contributed by atoms with E-state index in [1.165, 1.54) is 4.90 Å². The quantitative estimate of drug-likeness (QED) is 0.799. The minimum absolute atomic E-state index is 0.241. The van der Waals surface area contributed by atoms with Crippen molar-refractivity contribution in [3.05, 3.63) is 17.8 Å². The molecule has 1 N–H and O–H groups in total. The number of hydrogen-bond acceptors (Lipinski definition) is 3. The van der Waals surface area contributed by atoms with Gasteiger partial charge in [-0.25, -0.2) is 4.98 Å². The van der Waals surface area contributed by atoms with Gasteiger partial charge in [0.2, 0.25) is 0 Å². The largest absolute Gasteiger partial charge is 0.370 e. The molecule has 0 saturated carbocycles. The normalized spacial score (nSPS) is 11.6. The molecule has 90 valence electrons. The fourth-order valence-electron chi connectivity index (χ4n) is 1.34. The SMILES string of the molecule is CCCNc1ccc(SC(C)(C)C)c(C)n1. The molecule has 0 aliphatic rings. The second-order valence-corrected chi connectivity index (χ2v) is 6.79. The summed E-state index contributed by atoms with van der Waals surface area (Å²) in [6, 6.07) is 4.23. The van der Waals surface area contributed by atoms with Gasteiger partial charge in [-0.15, -0.1) is 11.8 Å². The summed E-state index contributed by atoms with van der Waals surface area (Å²) in [5, 5.41) is 3.30. The van der Waals surface area contributed by atoms with E-state index in [9.17, 15) is 0 Å². The van der Waals surface area contributed by atoms with Crippen molar-refractivity contribution in [3.63, 3.8) is 0 Å². The molecule has 0 saturated heterocycles. The van der Waals surface area contributed by atoms with Crippen LogP contribution in [0.4, 0.5) is 5.82 Å². The molecule has 1 aromatic rings. The Balaban J connectivity index is 2.75. The molecule has 0 spiro atoms. The first-order valence-corrected chi connectivity index (χ1v) is 6.64. The molecule has 1 rings (SSSR count). The topological polar surface area (TPSA) is 24.9 Å². The Morgan fingerprint density at radius 1 is 1.31 bits per heavy atom. The Hall–Kier alpha value is -0.700. The van der Waals surface area contributed by atoms with Crippen LogP contribution in [0.1, 0.15) is 39.8 Å². The maximum Gasteiger partial charge on any atom is 0.126 e. The molecule has 3 heteroatoms. The maximum absolute atomic E-state index is 4.56. The van der Waals surface area contributed by atoms with Crippen molar-refractivity contribution in [2.45, 2.75) is 50.7 Å². The van der Waals surface area contributed by atoms with Crippen molar-refractivity contribution in [3.8, 4) is 0 Å². The van der Waals surface area contributed by atoms with Crippen molar-refractivity contribution >= 4 is 17.6 Å². The van der Waals surface area contributed by atoms with Crippen LogP contribution < -0.4 is 5.32 Å². The fourth-order valence-corrected chi connectivity index (χ4v) is 2.33. The summed E-state index contributed by atoms with van der Waals surface area (Å²) in [7, 11) is 0. The van der Waals surface area contributed by atoms with Crippen molar-refractivity contribution in [2.24, 2.45) is 0 Å². The number of thioether (sulfide) groups is 1. The second kappa shape index (κ2) is 5.58. The van der Waals surface area contributed by atoms with E-state index in [2.05, 4.69) is 57.1 Å². The summed E-state index contributed by atoms with van der Waals surface area (Å²) in [4.78, 5) is 5.84. The van der Waals surface area contributed by atoms with E-state index in [4.69, 9.17) is 0 Å². The van der Waals surface area contributed by atoms with Crippen LogP contribution in [0.5, 0.6) is 0 Å². The summed E-state index contributed by atoms with van der Waals surface area (Å²) in [5.74, 6) is 0.984. The average Bonchev–Trinajstić information content (AvgIpc) is 2.17. The molecule has 0 aliphatic carbocycles. The number of pyridine rings is 1. The highest BCUT2D eigenvalue weighted by Gasteiger charge is 2.14. The van der Waals surface area contributed by atoms with Crippen molar-refractivity contribution < 1.29 is 0 Å². The molecule has 16 heavy (non-hydrogen) atoms. The van der Waals surface area contributed by atoms with E-state index >= 15 is 0 Å². The third-order valence-electron chi connectivity index (χ3n) is 2.01. The molecule has 0 atom stereocenters. The number of nitrogens with one attached hydrogen (secondary N) is 1. The lowest BCUT2D eigenvalue weighted by Gasteiger charge is -2.19. The monoisotopic (exact) mass is 238 g/mol. The second-order valence-electron chi connectivity index (χ2n) is 4.92. The molecule has 0 amide bonds. The van der Waals surface area contributed by atoms with Gasteiger partial charge in [0.15, 0.2) is 0 Å². The van der Waals surface area contributed by atoms with Crippen molar-refractivity contribution in [1.82, 2.24) is 4.98 Å². The zero-order valence-electron chi connectivity index (χ0n) is 10.9. The lowest BCUT2D eigenvalue weighted by molar-refractivity contribution is 0.801. The lowest BCUT2D eigenvalue weighted by atomic mass is 10.3. The van der Waals surface area contributed by atoms with Crippen molar-refractivity contribution in [1.29, 1.82) is 0 Å². The highest BCUT2D eigenvalue weighted by Crippen LogP contribution is 2.33. The van der Waals surface area contributed by atoms with E-state index in [0.29, 0.717) is 0 Å². The zero-order valence-corrected chi connectivity index (χ0v) is 11.7. The van der Waals surface area contributed by atoms with Crippen LogP contribution in [0.2, 0.25) is 0 Å². The van der Waals surface area contributed by atoms with E-state index in [1.54, 1.807) is 0 Å². The summed E-state index contributed by atoms with van der Waals surface area (Å²) in [5.41, 5.74) is 1.11. The Labute approximate surface area is 103 Å². The predicted octanol–water partition coefficient (Wildman–Crippen LogP) is 4.10. The number of nitrogens with zero attached hydrogens (tertiary/aromatic N) is 1. The van der Waals surface area contributed by atoms with Crippen LogP contribution in [-0.2, 0) is 0 Å². The summed E-state index contributed by atoms with van der Waals surface area (Å²) in [6.07, 6.45) is 1.12. The van der Waals surface area contributed by atoms with Crippen LogP contribution in [0.3, 0.4) is 0 Å². The summed E-state index contributed by atoms with van der Waals surface area (Å²) >= 11 is 1.87. The highest BCUT2D eigenvalue weighted by atomic mass is 32.2. The van der Waals surface area contributed by atoms with Gasteiger partial charge in [-0.3, -0.25) is 0 Å². The first kappa shape index (κ1) is 13.4. The Kier molecular flexibility index (Phi) is 4.66. The van der Waals surface area contributed by atoms with Crippen LogP contribution in [0.25, 0.3) is 0 Å². The summed E-state index contributed by atoms with van der Waals surface area (Å²) in [6.45, 7) is 11.9. The number of hydrogen-bond donors (Lipinski definition) is 1. The zero-order chi connectivity index (χ0) is 12.2. The van der Waals surface area contributed by atoms with E-state index in [1.807, 2.05) is 11.8 Å². The Morgan fingerprint density at radius 3 is 2.50 bits per heavy atom. The van der Waals surface area contributed by atoms with Gasteiger partial charge in [0.25, 0.3) is 0 Å². The molecule has 0 aliphatic heterocycles. The van der Waals surface area contributed by atoms with Gasteiger partial charge in [-0.2, -0.15) is 0 Å². The minimum atomic E-state index is 0.241. The van der Waals surface area contributed by atoms with Crippen LogP contribution >= 0.6 is 11.8 Å². The van der Waals surface area contributed by atoms with Gasteiger partial charge in [0.05, 0.1) is 5.69 Å². The summed E-state index contributed by atoms with van der Waals surface area (Å²) < 4.78 is 0.241. The predicted molar refractivity (Wildman–Crippen MR) is 73.4 cm³/mol. The number of anilines is 1. The molecular weight excluding hydrogens is 216 g/mol. The smallest absolute Gasteiger partial charge is 0.126 e. The van der Waals surface area contributed by atoms with Gasteiger partial charge >= 0.3 is 0 Å². The maximum atomic E-state index is 4.56. The van der Waals surface area contributed by atoms with Gasteiger partial charge in [0, 0.05) is 16.2 Å². The Bertz CT molecular complexity index is 342. The van der Waals surface area contributed by atoms with Crippen LogP contribution in [0, 0.1) is 6.92 Å². The van der Waals surface area contributed by atoms with E-state index in [0.717, 1.165) is 24.5 Å². The number of rotatable bonds is 4. The first-order chi connectivity index (χ1) is 7.42. The molecule has 0 unspecified atom stereocenters. The molecule has 1 aromatic heterocycles. The molecule has 2 nitrogen and oxygen atoms in total. The van der Waals surface area contributed by atoms with Gasteiger partial charge in [0.1, 0.15) is 5.82 Å². The number of aryl methyl sites for hydroxylation is 1. The van der Waals surface area contributed by atoms with Crippen molar-refractivity contribution in [2.75, 3.05) is 11.9 Å². The highest BCUT2D eigenvalue weighted by molar-refractivity contribution is 8.00. The molecule has 0 bridgehead atoms. The van der Waals surface area contributed by atoms with Crippen LogP contribution in [-0.4, -0.2) is 16.3 Å². The Morgan fingerprint density at radius 2 is 2.00 bits per heavy atom. The van der Waals surface area contributed by atoms with E-state index < -0.39 is 0 Å². The molecular formula is C13H22N2S. The molecule has 0 aromatic carbocycles. The van der Waals surface area contributed by atoms with E-state index in [-0.39, 0.29) is 4.75 Å². The van der Waals surface area contributed by atoms with Gasteiger partial charge in [-0.1, -0.05) is 27.7 Å².